The monoisotopic (exact) mass is 964 g/mol. The molecule has 3 aliphatic rings. The van der Waals surface area contributed by atoms with E-state index < -0.39 is 97.2 Å². The molecule has 1 radical (unpaired) electrons. The fourth-order valence-corrected chi connectivity index (χ4v) is 7.23. The van der Waals surface area contributed by atoms with Crippen LogP contribution in [0.4, 0.5) is 0 Å². The largest absolute Gasteiger partial charge is 2.00 e. The number of carboxylic acids is 1. The molecule has 349 valence electrons. The van der Waals surface area contributed by atoms with Gasteiger partial charge in [-0.05, 0) is 64.7 Å². The molecule has 3 fully saturated rings. The molecule has 62 heavy (non-hydrogen) atoms. The Bertz CT molecular complexity index is 1650. The molecular formula is C36H59N13O12Tc-2. The molecule has 3 rings (SSSR count). The van der Waals surface area contributed by atoms with E-state index in [2.05, 4.69) is 36.9 Å². The molecule has 0 unspecified atom stereocenters. The average Bonchev–Trinajstić information content (AvgIpc) is 4.02. The molecule has 0 aromatic heterocycles. The second-order valence-electron chi connectivity index (χ2n) is 14.7. The third-order valence-corrected chi connectivity index (χ3v) is 10.2. The van der Waals surface area contributed by atoms with Crippen LogP contribution in [0, 0.1) is 0 Å². The molecule has 0 saturated carbocycles. The molecule has 25 nitrogen and oxygen atoms in total. The first-order valence-corrected chi connectivity index (χ1v) is 20.1. The van der Waals surface area contributed by atoms with Gasteiger partial charge in [-0.1, -0.05) is 0 Å². The number of nitrogens with one attached hydrogen (secondary N) is 6. The number of nitrogens with two attached hydrogens (primary N) is 3. The summed E-state index contributed by atoms with van der Waals surface area (Å²) in [5, 5.41) is 23.3. The first-order chi connectivity index (χ1) is 28.5. The van der Waals surface area contributed by atoms with Gasteiger partial charge in [-0.15, -0.1) is 0 Å². The summed E-state index contributed by atoms with van der Waals surface area (Å²) in [6.45, 7) is 0.761. The molecule has 3 saturated heterocycles. The van der Waals surface area contributed by atoms with E-state index in [1.54, 1.807) is 0 Å². The number of hydrogen-bond donors (Lipinski definition) is 10. The number of carbonyl (C=O) groups excluding carboxylic acids is 9. The predicted octanol–water partition coefficient (Wildman–Crippen LogP) is -5.83. The third-order valence-electron chi connectivity index (χ3n) is 10.2. The Hall–Kier alpha value is -5.46. The summed E-state index contributed by atoms with van der Waals surface area (Å²) in [5.41, 5.74) is 16.4. The van der Waals surface area contributed by atoms with Gasteiger partial charge >= 0.3 is 5.97 Å². The standard InChI is InChI=1S/C36H59N13O11.O.Tc/c1-21(31(56)44-20-30(54)55)45-28(52)19-43-27(51)18-42-26(50)11-3-12-40-32(57)23-8-5-15-48(23)35(60)25-10-6-16-49(25)34(59)22(7-2-13-41-36(38)39)46-33(58)24-9-4-14-47(24)29(53)17-37;;/h21-25H,2-20,37H2,1H3,(H,40,57)(H,42,50)(H,43,51)(H,44,56)(H,45,52)(H,46,58)(H,54,55)(H4,38,39,41);;/q;-2;/t21-,22+,23+,24+,25+;;/m1../s1/i;;1+1. The van der Waals surface area contributed by atoms with Gasteiger partial charge in [-0.2, -0.15) is 0 Å². The van der Waals surface area contributed by atoms with Crippen LogP contribution in [0.3, 0.4) is 0 Å². The molecule has 0 spiro atoms. The van der Waals surface area contributed by atoms with E-state index in [1.165, 1.54) is 21.6 Å². The van der Waals surface area contributed by atoms with Gasteiger partial charge in [0.2, 0.25) is 53.2 Å². The van der Waals surface area contributed by atoms with Crippen molar-refractivity contribution in [1.82, 2.24) is 46.6 Å². The van der Waals surface area contributed by atoms with Gasteiger partial charge in [-0.25, -0.2) is 0 Å². The summed E-state index contributed by atoms with van der Waals surface area (Å²) in [5.74, 6) is -6.11. The molecule has 0 aliphatic carbocycles. The number of carbonyl (C=O) groups is 10. The second-order valence-corrected chi connectivity index (χ2v) is 14.7. The minimum Gasteiger partial charge on any atom is -2.00 e. The van der Waals surface area contributed by atoms with Gasteiger partial charge < -0.3 is 74.4 Å². The maximum Gasteiger partial charge on any atom is 0.322 e. The van der Waals surface area contributed by atoms with Gasteiger partial charge in [0.05, 0.1) is 19.6 Å². The van der Waals surface area contributed by atoms with Crippen molar-refractivity contribution in [3.8, 4) is 0 Å². The normalized spacial score (nSPS) is 18.7. The fourth-order valence-electron chi connectivity index (χ4n) is 7.23. The molecule has 13 N–H and O–H groups in total. The number of likely N-dealkylation sites (tertiary alicyclic amines) is 3. The van der Waals surface area contributed by atoms with Crippen LogP contribution in [-0.4, -0.2) is 174 Å². The maximum atomic E-state index is 14.1. The Labute approximate surface area is 371 Å². The summed E-state index contributed by atoms with van der Waals surface area (Å²) < 4.78 is 0. The minimum atomic E-state index is -1.25. The van der Waals surface area contributed by atoms with Crippen LogP contribution in [0.25, 0.3) is 0 Å². The van der Waals surface area contributed by atoms with Crippen LogP contribution in [0.1, 0.15) is 71.1 Å². The Morgan fingerprint density at radius 3 is 1.92 bits per heavy atom. The van der Waals surface area contributed by atoms with Crippen molar-refractivity contribution in [1.29, 1.82) is 0 Å². The zero-order chi connectivity index (χ0) is 44.4. The van der Waals surface area contributed by atoms with Gasteiger partial charge in [0.1, 0.15) is 36.8 Å². The summed E-state index contributed by atoms with van der Waals surface area (Å²) in [7, 11) is 0. The number of amides is 9. The van der Waals surface area contributed by atoms with Crippen LogP contribution in [-0.2, 0) is 73.5 Å². The predicted molar refractivity (Wildman–Crippen MR) is 212 cm³/mol. The molecule has 0 bridgehead atoms. The van der Waals surface area contributed by atoms with E-state index in [4.69, 9.17) is 22.3 Å². The Kier molecular flexibility index (Phi) is 24.2. The topological polar surface area (TPSA) is 392 Å². The first-order valence-electron chi connectivity index (χ1n) is 20.1. The number of rotatable bonds is 22. The molecule has 9 amide bonds. The molecule has 3 aliphatic heterocycles. The Balaban J connectivity index is 0.00000961. The van der Waals surface area contributed by atoms with Crippen LogP contribution in [0.2, 0.25) is 0 Å². The SMILES string of the molecule is C[C@@H](NC(=O)CNC(=O)CNC(=O)CCCNC(=O)[C@@H]1CCCN1C(=O)[C@@H]1CCCN1C(=O)[C@H](CCCN=C(N)N)NC(=O)[C@@H]1CCCN1C(=O)CN)C(=O)NCC(=O)O.[99Tc].[O-2]. The van der Waals surface area contributed by atoms with E-state index in [1.807, 2.05) is 0 Å². The van der Waals surface area contributed by atoms with Crippen molar-refractivity contribution < 1.29 is 78.6 Å². The summed E-state index contributed by atoms with van der Waals surface area (Å²) in [4.78, 5) is 134. The number of guanidine groups is 1. The first kappa shape index (κ1) is 54.6. The van der Waals surface area contributed by atoms with Crippen molar-refractivity contribution >= 4 is 65.1 Å². The van der Waals surface area contributed by atoms with Gasteiger partial charge in [0, 0.05) is 59.2 Å². The van der Waals surface area contributed by atoms with E-state index in [0.717, 1.165) is 0 Å². The van der Waals surface area contributed by atoms with E-state index in [-0.39, 0.29) is 88.8 Å². The second kappa shape index (κ2) is 27.5. The number of nitrogens with zero attached hydrogens (tertiary/aromatic N) is 4. The molecule has 5 atom stereocenters. The van der Waals surface area contributed by atoms with Crippen molar-refractivity contribution in [3.63, 3.8) is 0 Å². The number of hydrogen-bond acceptors (Lipinski definition) is 12. The summed E-state index contributed by atoms with van der Waals surface area (Å²) >= 11 is 0. The summed E-state index contributed by atoms with van der Waals surface area (Å²) in [6, 6.07) is -4.52. The van der Waals surface area contributed by atoms with Gasteiger partial charge in [0.15, 0.2) is 5.96 Å². The molecular weight excluding hydrogens is 905 g/mol. The fraction of sp³-hybridized carbons (Fsp3) is 0.694. The third kappa shape index (κ3) is 17.1. The van der Waals surface area contributed by atoms with E-state index in [9.17, 15) is 47.9 Å². The zero-order valence-corrected chi connectivity index (χ0v) is 36.5. The average molecular weight is 965 g/mol. The number of aliphatic carboxylic acids is 1. The van der Waals surface area contributed by atoms with Gasteiger partial charge in [-0.3, -0.25) is 52.9 Å². The van der Waals surface area contributed by atoms with E-state index >= 15 is 0 Å². The van der Waals surface area contributed by atoms with Crippen LogP contribution in [0.15, 0.2) is 4.99 Å². The zero-order valence-electron chi connectivity index (χ0n) is 34.7. The molecule has 0 aromatic rings. The van der Waals surface area contributed by atoms with Crippen molar-refractivity contribution in [2.75, 3.05) is 58.9 Å². The number of aliphatic imine (C=N–C) groups is 1. The smallest absolute Gasteiger partial charge is 0.322 e. The van der Waals surface area contributed by atoms with Crippen molar-refractivity contribution in [2.45, 2.75) is 101 Å². The maximum absolute atomic E-state index is 14.1. The molecule has 26 heteroatoms. The Morgan fingerprint density at radius 2 is 1.29 bits per heavy atom. The number of carboxylic acid groups (broad SMARTS) is 1. The molecule has 0 aromatic carbocycles. The Morgan fingerprint density at radius 1 is 0.710 bits per heavy atom. The van der Waals surface area contributed by atoms with Crippen molar-refractivity contribution in [3.05, 3.63) is 0 Å². The van der Waals surface area contributed by atoms with Crippen LogP contribution in [0.5, 0.6) is 0 Å². The summed E-state index contributed by atoms with van der Waals surface area (Å²) in [6.07, 6.45) is 3.53. The van der Waals surface area contributed by atoms with Crippen LogP contribution < -0.4 is 49.1 Å². The minimum absolute atomic E-state index is 0. The van der Waals surface area contributed by atoms with Crippen molar-refractivity contribution in [2.24, 2.45) is 22.2 Å². The van der Waals surface area contributed by atoms with Gasteiger partial charge in [0.25, 0.3) is 0 Å². The van der Waals surface area contributed by atoms with Crippen LogP contribution >= 0.6 is 0 Å². The molecule has 3 heterocycles. The van der Waals surface area contributed by atoms with E-state index in [0.29, 0.717) is 58.0 Å². The quantitative estimate of drug-likeness (QED) is 0.0275.